The maximum Gasteiger partial charge on any atom is 0.336 e. The Bertz CT molecular complexity index is 1350. The molecule has 1 amide bonds. The Labute approximate surface area is 200 Å². The highest BCUT2D eigenvalue weighted by atomic mass is 32.2. The van der Waals surface area contributed by atoms with Crippen molar-refractivity contribution in [3.63, 3.8) is 0 Å². The number of carbonyl (C=O) groups excluding carboxylic acids is 1. The topological polar surface area (TPSA) is 120 Å². The number of aromatic nitrogens is 1. The van der Waals surface area contributed by atoms with E-state index in [0.29, 0.717) is 30.4 Å². The minimum atomic E-state index is -3.57. The normalized spacial score (nSPS) is 25.8. The van der Waals surface area contributed by atoms with Crippen LogP contribution in [-0.2, 0) is 20.4 Å². The number of carboxylic acids is 1. The van der Waals surface area contributed by atoms with Crippen molar-refractivity contribution in [2.75, 3.05) is 37.8 Å². The predicted molar refractivity (Wildman–Crippen MR) is 122 cm³/mol. The molecule has 2 N–H and O–H groups in total. The van der Waals surface area contributed by atoms with Crippen LogP contribution in [0.2, 0.25) is 0 Å². The molecular formula is C23H24F2N4O5S. The quantitative estimate of drug-likeness (QED) is 0.641. The lowest BCUT2D eigenvalue weighted by Gasteiger charge is -2.39. The van der Waals surface area contributed by atoms with Crippen LogP contribution in [0.4, 0.5) is 20.3 Å². The first-order valence-electron chi connectivity index (χ1n) is 11.1. The molecule has 3 aliphatic rings. The number of carbonyl (C=O) groups is 2. The molecular weight excluding hydrogens is 482 g/mol. The number of aromatic carboxylic acids is 1. The number of nitrogens with one attached hydrogen (secondary N) is 1. The highest BCUT2D eigenvalue weighted by Crippen LogP contribution is 2.49. The van der Waals surface area contributed by atoms with Crippen LogP contribution in [0.3, 0.4) is 0 Å². The number of rotatable bonds is 4. The Morgan fingerprint density at radius 1 is 1.26 bits per heavy atom. The zero-order valence-corrected chi connectivity index (χ0v) is 19.8. The van der Waals surface area contributed by atoms with Gasteiger partial charge in [-0.1, -0.05) is 6.07 Å². The van der Waals surface area contributed by atoms with Crippen molar-refractivity contribution in [1.82, 2.24) is 15.2 Å². The number of hydrogen-bond acceptors (Lipinski definition) is 7. The maximum atomic E-state index is 14.9. The van der Waals surface area contributed by atoms with Crippen LogP contribution in [0, 0.1) is 23.5 Å². The van der Waals surface area contributed by atoms with E-state index < -0.39 is 39.2 Å². The van der Waals surface area contributed by atoms with E-state index in [4.69, 9.17) is 0 Å². The molecule has 12 heteroatoms. The molecule has 4 atom stereocenters. The number of piperidine rings is 1. The second kappa shape index (κ2) is 8.23. The van der Waals surface area contributed by atoms with Crippen molar-refractivity contribution in [2.24, 2.45) is 11.8 Å². The van der Waals surface area contributed by atoms with E-state index in [1.54, 1.807) is 18.0 Å². The average Bonchev–Trinajstić information content (AvgIpc) is 3.12. The molecule has 4 unspecified atom stereocenters. The van der Waals surface area contributed by atoms with E-state index >= 15 is 0 Å². The third-order valence-electron chi connectivity index (χ3n) is 7.16. The Kier molecular flexibility index (Phi) is 5.55. The summed E-state index contributed by atoms with van der Waals surface area (Å²) in [6.45, 7) is 1.03. The minimum absolute atomic E-state index is 0.0617. The Hall–Kier alpha value is -3.12. The maximum absolute atomic E-state index is 14.9. The fraction of sp³-hybridized carbons (Fsp3) is 0.435. The van der Waals surface area contributed by atoms with E-state index in [9.17, 15) is 31.9 Å². The van der Waals surface area contributed by atoms with Crippen LogP contribution in [0.25, 0.3) is 0 Å². The molecule has 3 aliphatic heterocycles. The molecule has 0 saturated carbocycles. The van der Waals surface area contributed by atoms with Crippen molar-refractivity contribution in [3.05, 3.63) is 52.7 Å². The number of likely N-dealkylation sites (N-methyl/N-ethyl adjacent to an activating group) is 1. The van der Waals surface area contributed by atoms with Gasteiger partial charge < -0.3 is 20.2 Å². The van der Waals surface area contributed by atoms with E-state index in [1.165, 1.54) is 11.0 Å². The summed E-state index contributed by atoms with van der Waals surface area (Å²) in [5, 5.41) is 13.1. The first-order chi connectivity index (χ1) is 16.4. The van der Waals surface area contributed by atoms with Crippen molar-refractivity contribution in [1.29, 1.82) is 0 Å². The number of amides is 1. The second-order valence-corrected chi connectivity index (χ2v) is 11.7. The molecule has 0 spiro atoms. The minimum Gasteiger partial charge on any atom is -0.478 e. The van der Waals surface area contributed by atoms with E-state index in [-0.39, 0.29) is 47.2 Å². The number of anilines is 2. The average molecular weight is 507 g/mol. The van der Waals surface area contributed by atoms with Crippen molar-refractivity contribution in [3.8, 4) is 0 Å². The molecule has 0 aliphatic carbocycles. The lowest BCUT2D eigenvalue weighted by molar-refractivity contribution is -0.136. The molecule has 4 heterocycles. The van der Waals surface area contributed by atoms with Crippen molar-refractivity contribution < 1.29 is 31.9 Å². The van der Waals surface area contributed by atoms with E-state index in [1.807, 2.05) is 0 Å². The number of likely N-dealkylation sites (tertiary alicyclic amines) is 1. The number of halogens is 2. The van der Waals surface area contributed by atoms with Gasteiger partial charge in [0.25, 0.3) is 0 Å². The summed E-state index contributed by atoms with van der Waals surface area (Å²) >= 11 is 0. The van der Waals surface area contributed by atoms with Gasteiger partial charge in [0.2, 0.25) is 5.91 Å². The number of pyridine rings is 1. The van der Waals surface area contributed by atoms with Gasteiger partial charge in [0, 0.05) is 50.6 Å². The van der Waals surface area contributed by atoms with Gasteiger partial charge in [0.15, 0.2) is 21.5 Å². The number of sulfone groups is 1. The summed E-state index contributed by atoms with van der Waals surface area (Å²) < 4.78 is 52.8. The summed E-state index contributed by atoms with van der Waals surface area (Å²) in [7, 11) is -1.89. The van der Waals surface area contributed by atoms with Gasteiger partial charge >= 0.3 is 5.97 Å². The van der Waals surface area contributed by atoms with Crippen molar-refractivity contribution >= 4 is 33.2 Å². The van der Waals surface area contributed by atoms with E-state index in [0.717, 1.165) is 12.5 Å². The lowest BCUT2D eigenvalue weighted by Crippen LogP contribution is -2.53. The van der Waals surface area contributed by atoms with Crippen molar-refractivity contribution in [2.45, 2.75) is 17.7 Å². The number of hydrogen-bond donors (Lipinski definition) is 2. The standard InChI is InChI=1S/C23H24F2N4O5S/c1-28-9-16-15-3-11(10-35(2,33)34)14(23(31)32)5-18(15)29(21-17(25)4-13(24)7-27-21)8-12-6-26-20(19(12)16)22(28)30/h3-5,7,12,16,19-20,26H,6,8-10H2,1-2H3,(H,31,32). The zero-order valence-electron chi connectivity index (χ0n) is 19.0. The second-order valence-electron chi connectivity index (χ2n) is 9.56. The lowest BCUT2D eigenvalue weighted by atomic mass is 9.73. The summed E-state index contributed by atoms with van der Waals surface area (Å²) in [5.74, 6) is -4.34. The Morgan fingerprint density at radius 3 is 2.66 bits per heavy atom. The number of benzene rings is 1. The molecule has 0 bridgehead atoms. The van der Waals surface area contributed by atoms with Crippen LogP contribution < -0.4 is 10.2 Å². The fourth-order valence-corrected chi connectivity index (χ4v) is 6.60. The van der Waals surface area contributed by atoms with Gasteiger partial charge in [-0.25, -0.2) is 27.0 Å². The highest BCUT2D eigenvalue weighted by Gasteiger charge is 2.52. The number of fused-ring (bicyclic) bond motifs is 2. The molecule has 1 aromatic carbocycles. The van der Waals surface area contributed by atoms with Crippen LogP contribution in [-0.4, -0.2) is 74.3 Å². The number of nitrogens with zero attached hydrogens (tertiary/aromatic N) is 3. The van der Waals surface area contributed by atoms with Crippen LogP contribution in [0.1, 0.15) is 27.4 Å². The fourth-order valence-electron chi connectivity index (χ4n) is 5.79. The molecule has 35 heavy (non-hydrogen) atoms. The van der Waals surface area contributed by atoms with Crippen LogP contribution in [0.5, 0.6) is 0 Å². The molecule has 2 aromatic rings. The predicted octanol–water partition coefficient (Wildman–Crippen LogP) is 1.51. The molecule has 5 rings (SSSR count). The summed E-state index contributed by atoms with van der Waals surface area (Å²) in [5.41, 5.74) is 0.869. The van der Waals surface area contributed by atoms with Gasteiger partial charge in [-0.05, 0) is 29.0 Å². The zero-order chi connectivity index (χ0) is 25.2. The van der Waals surface area contributed by atoms with Gasteiger partial charge in [0.05, 0.1) is 23.6 Å². The van der Waals surface area contributed by atoms with Gasteiger partial charge in [0.1, 0.15) is 5.82 Å². The third kappa shape index (κ3) is 4.04. The molecule has 186 valence electrons. The smallest absolute Gasteiger partial charge is 0.336 e. The third-order valence-corrected chi connectivity index (χ3v) is 7.99. The molecule has 9 nitrogen and oxygen atoms in total. The Balaban J connectivity index is 1.77. The first-order valence-corrected chi connectivity index (χ1v) is 13.2. The molecule has 1 aromatic heterocycles. The van der Waals surface area contributed by atoms with Crippen LogP contribution in [0.15, 0.2) is 24.4 Å². The summed E-state index contributed by atoms with van der Waals surface area (Å²) in [6, 6.07) is 3.14. The highest BCUT2D eigenvalue weighted by molar-refractivity contribution is 7.89. The van der Waals surface area contributed by atoms with E-state index in [2.05, 4.69) is 10.3 Å². The SMILES string of the molecule is CN1CC2c3cc(CS(C)(=O)=O)c(C(=O)O)cc3N(c3ncc(F)cc3F)CC3CNC(C1=O)C32. The first kappa shape index (κ1) is 23.6. The summed E-state index contributed by atoms with van der Waals surface area (Å²) in [4.78, 5) is 32.1. The summed E-state index contributed by atoms with van der Waals surface area (Å²) in [6.07, 6.45) is 1.91. The van der Waals surface area contributed by atoms with Crippen LogP contribution >= 0.6 is 0 Å². The molecule has 2 saturated heterocycles. The van der Waals surface area contributed by atoms with Gasteiger partial charge in [-0.15, -0.1) is 0 Å². The number of carboxylic acid groups (broad SMARTS) is 1. The Morgan fingerprint density at radius 2 is 2.00 bits per heavy atom. The van der Waals surface area contributed by atoms with Gasteiger partial charge in [-0.2, -0.15) is 0 Å². The largest absolute Gasteiger partial charge is 0.478 e. The molecule has 2 fully saturated rings. The monoisotopic (exact) mass is 506 g/mol. The van der Waals surface area contributed by atoms with Gasteiger partial charge in [-0.3, -0.25) is 4.79 Å². The molecule has 0 radical (unpaired) electrons.